The van der Waals surface area contributed by atoms with Gasteiger partial charge in [-0.1, -0.05) is 30.9 Å². The first-order chi connectivity index (χ1) is 10.8. The molecule has 0 aliphatic carbocycles. The van der Waals surface area contributed by atoms with Crippen LogP contribution in [0.25, 0.3) is 0 Å². The third-order valence-corrected chi connectivity index (χ3v) is 5.46. The number of carbonyl (C=O) groups excluding carboxylic acids is 1. The smallest absolute Gasteiger partial charge is 0.275 e. The van der Waals surface area contributed by atoms with Crippen LogP contribution in [0.2, 0.25) is 0 Å². The van der Waals surface area contributed by atoms with E-state index in [4.69, 9.17) is 0 Å². The Labute approximate surface area is 138 Å². The maximum Gasteiger partial charge on any atom is 0.275 e. The summed E-state index contributed by atoms with van der Waals surface area (Å²) in [6.07, 6.45) is 12.0. The number of aliphatic imine (C=N–C) groups is 1. The topological polar surface area (TPSA) is 32.7 Å². The predicted octanol–water partition coefficient (Wildman–Crippen LogP) is 3.79. The monoisotopic (exact) mass is 328 g/mol. The lowest BCUT2D eigenvalue weighted by molar-refractivity contribution is -0.123. The molecule has 0 saturated heterocycles. The van der Waals surface area contributed by atoms with Gasteiger partial charge in [-0.25, -0.2) is 0 Å². The number of rotatable bonds is 6. The number of hydrogen-bond donors (Lipinski definition) is 0. The van der Waals surface area contributed by atoms with Crippen molar-refractivity contribution in [1.29, 1.82) is 0 Å². The van der Waals surface area contributed by atoms with Crippen LogP contribution in [0.1, 0.15) is 4.88 Å². The van der Waals surface area contributed by atoms with Crippen molar-refractivity contribution in [3.63, 3.8) is 0 Å². The van der Waals surface area contributed by atoms with Crippen LogP contribution < -0.4 is 0 Å². The minimum atomic E-state index is -0.641. The summed E-state index contributed by atoms with van der Waals surface area (Å²) in [5, 5.41) is 4.01. The van der Waals surface area contributed by atoms with Gasteiger partial charge in [0.25, 0.3) is 5.91 Å². The van der Waals surface area contributed by atoms with E-state index in [1.807, 2.05) is 52.3 Å². The molecule has 0 fully saturated rings. The van der Waals surface area contributed by atoms with Crippen LogP contribution in [0.4, 0.5) is 0 Å². The van der Waals surface area contributed by atoms with Gasteiger partial charge in [0.2, 0.25) is 0 Å². The number of fused-ring (bicyclic) bond motifs is 1. The molecular weight excluding hydrogens is 312 g/mol. The van der Waals surface area contributed by atoms with Gasteiger partial charge in [-0.15, -0.1) is 23.1 Å². The normalized spacial score (nSPS) is 23.2. The highest BCUT2D eigenvalue weighted by Crippen LogP contribution is 2.35. The summed E-state index contributed by atoms with van der Waals surface area (Å²) in [6.45, 7) is 3.67. The van der Waals surface area contributed by atoms with Crippen LogP contribution in [0.15, 0.2) is 71.1 Å². The molecule has 0 saturated carbocycles. The van der Waals surface area contributed by atoms with Crippen LogP contribution in [-0.2, 0) is 11.2 Å². The van der Waals surface area contributed by atoms with E-state index in [0.29, 0.717) is 12.2 Å². The number of nitrogens with zero attached hydrogens (tertiary/aromatic N) is 2. The summed E-state index contributed by atoms with van der Waals surface area (Å²) in [5.74, 6) is 1.32. The fourth-order valence-corrected chi connectivity index (χ4v) is 4.31. The molecule has 112 valence electrons. The van der Waals surface area contributed by atoms with Gasteiger partial charge in [-0.2, -0.15) is 4.99 Å². The molecule has 1 atom stereocenters. The highest BCUT2D eigenvalue weighted by atomic mass is 32.2. The van der Waals surface area contributed by atoms with Crippen LogP contribution >= 0.6 is 23.1 Å². The Balaban J connectivity index is 1.90. The van der Waals surface area contributed by atoms with E-state index in [1.54, 1.807) is 29.2 Å². The van der Waals surface area contributed by atoms with Gasteiger partial charge in [-0.05, 0) is 29.0 Å². The van der Waals surface area contributed by atoms with Gasteiger partial charge >= 0.3 is 0 Å². The van der Waals surface area contributed by atoms with Crippen molar-refractivity contribution in [3.05, 3.63) is 71.0 Å². The van der Waals surface area contributed by atoms with Crippen molar-refractivity contribution >= 4 is 34.8 Å². The van der Waals surface area contributed by atoms with E-state index in [2.05, 4.69) is 17.6 Å². The van der Waals surface area contributed by atoms with E-state index in [-0.39, 0.29) is 5.91 Å². The third kappa shape index (κ3) is 2.74. The van der Waals surface area contributed by atoms with Crippen LogP contribution in [-0.4, -0.2) is 27.9 Å². The summed E-state index contributed by atoms with van der Waals surface area (Å²) in [4.78, 5) is 20.2. The van der Waals surface area contributed by atoms with E-state index < -0.39 is 5.54 Å². The Kier molecular flexibility index (Phi) is 4.45. The SMILES string of the molecule is C=C/C=C\SCC1(Cc2cccs2)C(=O)N=C2C=CC=CN21. The predicted molar refractivity (Wildman–Crippen MR) is 95.1 cm³/mol. The number of thiophene rings is 1. The van der Waals surface area contributed by atoms with Crippen molar-refractivity contribution < 1.29 is 4.79 Å². The van der Waals surface area contributed by atoms with E-state index >= 15 is 0 Å². The number of carbonyl (C=O) groups is 1. The number of hydrogen-bond acceptors (Lipinski definition) is 4. The maximum absolute atomic E-state index is 12.7. The highest BCUT2D eigenvalue weighted by Gasteiger charge is 2.49. The first kappa shape index (κ1) is 15.1. The Hall–Kier alpha value is -1.85. The van der Waals surface area contributed by atoms with E-state index in [1.165, 1.54) is 4.88 Å². The van der Waals surface area contributed by atoms with Crippen molar-refractivity contribution in [2.24, 2.45) is 4.99 Å². The molecule has 1 aromatic heterocycles. The molecule has 0 spiro atoms. The van der Waals surface area contributed by atoms with Crippen molar-refractivity contribution in [1.82, 2.24) is 4.90 Å². The van der Waals surface area contributed by atoms with Crippen LogP contribution in [0, 0.1) is 0 Å². The lowest BCUT2D eigenvalue weighted by Crippen LogP contribution is -2.52. The molecule has 3 rings (SSSR count). The zero-order chi connectivity index (χ0) is 15.4. The fraction of sp³-hybridized carbons (Fsp3) is 0.176. The second-order valence-electron chi connectivity index (χ2n) is 5.01. The van der Waals surface area contributed by atoms with Crippen molar-refractivity contribution in [3.8, 4) is 0 Å². The summed E-state index contributed by atoms with van der Waals surface area (Å²) < 4.78 is 0. The summed E-state index contributed by atoms with van der Waals surface area (Å²) in [6, 6.07) is 4.09. The second-order valence-corrected chi connectivity index (χ2v) is 6.94. The Morgan fingerprint density at radius 2 is 2.36 bits per heavy atom. The molecule has 1 aromatic rings. The van der Waals surface area contributed by atoms with Crippen LogP contribution in [0.5, 0.6) is 0 Å². The number of amidine groups is 1. The first-order valence-electron chi connectivity index (χ1n) is 6.95. The maximum atomic E-state index is 12.7. The second kappa shape index (κ2) is 6.50. The molecule has 5 heteroatoms. The van der Waals surface area contributed by atoms with Gasteiger partial charge in [0.1, 0.15) is 11.4 Å². The number of thioether (sulfide) groups is 1. The zero-order valence-electron chi connectivity index (χ0n) is 12.0. The molecule has 3 heterocycles. The molecule has 3 nitrogen and oxygen atoms in total. The van der Waals surface area contributed by atoms with Gasteiger partial charge in [0, 0.05) is 23.3 Å². The number of allylic oxidation sites excluding steroid dienone is 4. The summed E-state index contributed by atoms with van der Waals surface area (Å²) >= 11 is 3.29. The van der Waals surface area contributed by atoms with E-state index in [9.17, 15) is 4.79 Å². The highest BCUT2D eigenvalue weighted by molar-refractivity contribution is 8.02. The van der Waals surface area contributed by atoms with Gasteiger partial charge in [-0.3, -0.25) is 4.79 Å². The van der Waals surface area contributed by atoms with Gasteiger partial charge in [0.15, 0.2) is 0 Å². The molecule has 2 aliphatic rings. The molecular formula is C17H16N2OS2. The average molecular weight is 328 g/mol. The molecule has 0 bridgehead atoms. The number of amides is 1. The third-order valence-electron chi connectivity index (χ3n) is 3.59. The largest absolute Gasteiger partial charge is 0.316 e. The van der Waals surface area contributed by atoms with Gasteiger partial charge < -0.3 is 4.90 Å². The molecule has 1 amide bonds. The summed E-state index contributed by atoms with van der Waals surface area (Å²) in [7, 11) is 0. The first-order valence-corrected chi connectivity index (χ1v) is 8.88. The summed E-state index contributed by atoms with van der Waals surface area (Å²) in [5.41, 5.74) is -0.641. The Morgan fingerprint density at radius 3 is 3.14 bits per heavy atom. The Morgan fingerprint density at radius 1 is 1.45 bits per heavy atom. The standard InChI is InChI=1S/C17H16N2OS2/c1-2-3-10-21-13-17(12-14-7-6-11-22-14)16(20)18-15-8-4-5-9-19(15)17/h2-11H,1,12-13H2/b10-3-. The van der Waals surface area contributed by atoms with Crippen molar-refractivity contribution in [2.45, 2.75) is 12.0 Å². The molecule has 0 N–H and O–H groups in total. The molecule has 0 aromatic carbocycles. The molecule has 0 radical (unpaired) electrons. The molecule has 2 aliphatic heterocycles. The van der Waals surface area contributed by atoms with Gasteiger partial charge in [0.05, 0.1) is 0 Å². The fourth-order valence-electron chi connectivity index (χ4n) is 2.54. The van der Waals surface area contributed by atoms with Crippen LogP contribution in [0.3, 0.4) is 0 Å². The van der Waals surface area contributed by atoms with E-state index in [0.717, 1.165) is 5.84 Å². The zero-order valence-corrected chi connectivity index (χ0v) is 13.6. The lowest BCUT2D eigenvalue weighted by atomic mass is 9.94. The quantitative estimate of drug-likeness (QED) is 0.745. The molecule has 22 heavy (non-hydrogen) atoms. The average Bonchev–Trinajstić information content (AvgIpc) is 3.12. The lowest BCUT2D eigenvalue weighted by Gasteiger charge is -2.36. The molecule has 1 unspecified atom stereocenters. The minimum absolute atomic E-state index is 0.0633. The minimum Gasteiger partial charge on any atom is -0.316 e. The Bertz CT molecular complexity index is 686. The van der Waals surface area contributed by atoms with Crippen molar-refractivity contribution in [2.75, 3.05) is 5.75 Å².